The average molecular weight is 287 g/mol. The summed E-state index contributed by atoms with van der Waals surface area (Å²) in [6.07, 6.45) is 0.418. The maximum atomic E-state index is 13.3. The van der Waals surface area contributed by atoms with Crippen LogP contribution in [0.4, 0.5) is 4.39 Å². The van der Waals surface area contributed by atoms with E-state index in [2.05, 4.69) is 0 Å². The van der Waals surface area contributed by atoms with Crippen LogP contribution in [0.5, 0.6) is 11.5 Å². The molecule has 1 heterocycles. The highest BCUT2D eigenvalue weighted by molar-refractivity contribution is 5.42. The maximum absolute atomic E-state index is 13.3. The molecule has 0 saturated carbocycles. The van der Waals surface area contributed by atoms with Crippen molar-refractivity contribution in [3.63, 3.8) is 0 Å². The molecule has 2 atom stereocenters. The van der Waals surface area contributed by atoms with Crippen LogP contribution in [0.2, 0.25) is 0 Å². The van der Waals surface area contributed by atoms with E-state index < -0.39 is 0 Å². The average Bonchev–Trinajstić information content (AvgIpc) is 2.49. The van der Waals surface area contributed by atoms with Crippen molar-refractivity contribution in [1.82, 2.24) is 0 Å². The number of ether oxygens (including phenoxy) is 2. The van der Waals surface area contributed by atoms with E-state index in [-0.39, 0.29) is 18.0 Å². The van der Waals surface area contributed by atoms with E-state index in [4.69, 9.17) is 15.2 Å². The molecular formula is C17H18FNO2. The lowest BCUT2D eigenvalue weighted by atomic mass is 9.93. The lowest BCUT2D eigenvalue weighted by Crippen LogP contribution is -2.24. The Bertz CT molecular complexity index is 644. The van der Waals surface area contributed by atoms with E-state index in [9.17, 15) is 4.39 Å². The van der Waals surface area contributed by atoms with Crippen molar-refractivity contribution in [3.8, 4) is 11.5 Å². The van der Waals surface area contributed by atoms with E-state index in [1.54, 1.807) is 6.07 Å². The normalized spacial score (nSPS) is 20.5. The zero-order chi connectivity index (χ0) is 14.8. The molecule has 0 radical (unpaired) electrons. The molecule has 0 amide bonds. The molecule has 2 aromatic carbocycles. The van der Waals surface area contributed by atoms with Crippen molar-refractivity contribution >= 4 is 0 Å². The molecule has 3 rings (SSSR count). The molecule has 2 aromatic rings. The Hall–Kier alpha value is -2.07. The fraction of sp³-hybridized carbons (Fsp3) is 0.294. The summed E-state index contributed by atoms with van der Waals surface area (Å²) in [5.74, 6) is 1.16. The third-order valence-electron chi connectivity index (χ3n) is 3.67. The van der Waals surface area contributed by atoms with Gasteiger partial charge in [0.05, 0.1) is 6.61 Å². The van der Waals surface area contributed by atoms with Gasteiger partial charge in [0.2, 0.25) is 0 Å². The quantitative estimate of drug-likeness (QED) is 0.935. The Balaban J connectivity index is 1.94. The van der Waals surface area contributed by atoms with Crippen LogP contribution in [-0.4, -0.2) is 6.61 Å². The SMILES string of the molecule is CCOc1ccccc1C1C[C@@H](N)c2cc(F)ccc2O1. The summed E-state index contributed by atoms with van der Waals surface area (Å²) < 4.78 is 25.0. The second-order valence-corrected chi connectivity index (χ2v) is 5.10. The Kier molecular flexibility index (Phi) is 3.80. The standard InChI is InChI=1S/C17H18FNO2/c1-2-20-15-6-4-3-5-12(15)17-10-14(19)13-9-11(18)7-8-16(13)21-17/h3-9,14,17H,2,10,19H2,1H3/t14-,17?/m1/s1. The third kappa shape index (κ3) is 2.72. The first-order chi connectivity index (χ1) is 10.2. The van der Waals surface area contributed by atoms with Gasteiger partial charge in [-0.25, -0.2) is 4.39 Å². The van der Waals surface area contributed by atoms with Gasteiger partial charge in [0.15, 0.2) is 0 Å². The third-order valence-corrected chi connectivity index (χ3v) is 3.67. The second-order valence-electron chi connectivity index (χ2n) is 5.10. The molecule has 1 unspecified atom stereocenters. The van der Waals surface area contributed by atoms with E-state index in [0.29, 0.717) is 18.8 Å². The van der Waals surface area contributed by atoms with Gasteiger partial charge in [-0.3, -0.25) is 0 Å². The predicted molar refractivity (Wildman–Crippen MR) is 78.9 cm³/mol. The monoisotopic (exact) mass is 287 g/mol. The Morgan fingerprint density at radius 1 is 1.24 bits per heavy atom. The van der Waals surface area contributed by atoms with Gasteiger partial charge in [-0.15, -0.1) is 0 Å². The molecule has 0 aliphatic carbocycles. The number of hydrogen-bond donors (Lipinski definition) is 1. The molecule has 4 heteroatoms. The molecule has 0 saturated heterocycles. The minimum absolute atomic E-state index is 0.180. The van der Waals surface area contributed by atoms with Gasteiger partial charge in [0, 0.05) is 23.6 Å². The summed E-state index contributed by atoms with van der Waals surface area (Å²) in [5, 5.41) is 0. The largest absolute Gasteiger partial charge is 0.493 e. The molecule has 3 nitrogen and oxygen atoms in total. The first-order valence-corrected chi connectivity index (χ1v) is 7.12. The maximum Gasteiger partial charge on any atom is 0.129 e. The summed E-state index contributed by atoms with van der Waals surface area (Å²) in [5.41, 5.74) is 7.88. The molecule has 0 fully saturated rings. The van der Waals surface area contributed by atoms with Gasteiger partial charge >= 0.3 is 0 Å². The molecule has 1 aliphatic rings. The van der Waals surface area contributed by atoms with Crippen LogP contribution in [0, 0.1) is 5.82 Å². The Morgan fingerprint density at radius 3 is 2.86 bits per heavy atom. The summed E-state index contributed by atoms with van der Waals surface area (Å²) in [6.45, 7) is 2.54. The van der Waals surface area contributed by atoms with Crippen LogP contribution in [-0.2, 0) is 0 Å². The number of rotatable bonds is 3. The number of fused-ring (bicyclic) bond motifs is 1. The molecule has 0 bridgehead atoms. The summed E-state index contributed by atoms with van der Waals surface area (Å²) in [4.78, 5) is 0. The van der Waals surface area contributed by atoms with Crippen molar-refractivity contribution in [3.05, 3.63) is 59.4 Å². The van der Waals surface area contributed by atoms with Crippen molar-refractivity contribution < 1.29 is 13.9 Å². The number of para-hydroxylation sites is 1. The predicted octanol–water partition coefficient (Wildman–Crippen LogP) is 3.75. The molecule has 2 N–H and O–H groups in total. The van der Waals surface area contributed by atoms with E-state index >= 15 is 0 Å². The fourth-order valence-electron chi connectivity index (χ4n) is 2.70. The van der Waals surface area contributed by atoms with E-state index in [1.807, 2.05) is 31.2 Å². The number of hydrogen-bond acceptors (Lipinski definition) is 3. The summed E-state index contributed by atoms with van der Waals surface area (Å²) >= 11 is 0. The molecule has 0 spiro atoms. The number of halogens is 1. The number of nitrogens with two attached hydrogens (primary N) is 1. The topological polar surface area (TPSA) is 44.5 Å². The van der Waals surface area contributed by atoms with Crippen LogP contribution >= 0.6 is 0 Å². The molecule has 110 valence electrons. The van der Waals surface area contributed by atoms with E-state index in [1.165, 1.54) is 12.1 Å². The first kappa shape index (κ1) is 13.9. The minimum atomic E-state index is -0.291. The highest BCUT2D eigenvalue weighted by Crippen LogP contribution is 2.42. The van der Waals surface area contributed by atoms with Crippen molar-refractivity contribution in [1.29, 1.82) is 0 Å². The smallest absolute Gasteiger partial charge is 0.129 e. The fourth-order valence-corrected chi connectivity index (χ4v) is 2.70. The molecule has 21 heavy (non-hydrogen) atoms. The lowest BCUT2D eigenvalue weighted by molar-refractivity contribution is 0.156. The van der Waals surface area contributed by atoms with Gasteiger partial charge in [-0.05, 0) is 31.2 Å². The zero-order valence-electron chi connectivity index (χ0n) is 11.9. The van der Waals surface area contributed by atoms with Crippen LogP contribution < -0.4 is 15.2 Å². The lowest BCUT2D eigenvalue weighted by Gasteiger charge is -2.31. The van der Waals surface area contributed by atoms with Crippen LogP contribution in [0.1, 0.15) is 36.6 Å². The van der Waals surface area contributed by atoms with Crippen molar-refractivity contribution in [2.75, 3.05) is 6.61 Å². The van der Waals surface area contributed by atoms with Crippen LogP contribution in [0.25, 0.3) is 0 Å². The summed E-state index contributed by atoms with van der Waals surface area (Å²) in [6, 6.07) is 12.0. The molecule has 1 aliphatic heterocycles. The Morgan fingerprint density at radius 2 is 2.05 bits per heavy atom. The zero-order valence-corrected chi connectivity index (χ0v) is 11.9. The first-order valence-electron chi connectivity index (χ1n) is 7.12. The van der Waals surface area contributed by atoms with Crippen LogP contribution in [0.15, 0.2) is 42.5 Å². The number of benzene rings is 2. The highest BCUT2D eigenvalue weighted by atomic mass is 19.1. The molecular weight excluding hydrogens is 269 g/mol. The minimum Gasteiger partial charge on any atom is -0.493 e. The molecule has 0 aromatic heterocycles. The van der Waals surface area contributed by atoms with E-state index in [0.717, 1.165) is 16.9 Å². The Labute approximate surface area is 123 Å². The van der Waals surface area contributed by atoms with Gasteiger partial charge < -0.3 is 15.2 Å². The van der Waals surface area contributed by atoms with Crippen molar-refractivity contribution in [2.45, 2.75) is 25.5 Å². The van der Waals surface area contributed by atoms with Gasteiger partial charge in [-0.2, -0.15) is 0 Å². The van der Waals surface area contributed by atoms with Crippen LogP contribution in [0.3, 0.4) is 0 Å². The van der Waals surface area contributed by atoms with Gasteiger partial charge in [-0.1, -0.05) is 18.2 Å². The summed E-state index contributed by atoms with van der Waals surface area (Å²) in [7, 11) is 0. The van der Waals surface area contributed by atoms with Crippen molar-refractivity contribution in [2.24, 2.45) is 5.73 Å². The van der Waals surface area contributed by atoms with Gasteiger partial charge in [0.25, 0.3) is 0 Å². The van der Waals surface area contributed by atoms with Gasteiger partial charge in [0.1, 0.15) is 23.4 Å². The highest BCUT2D eigenvalue weighted by Gasteiger charge is 2.29. The second kappa shape index (κ2) is 5.74.